The van der Waals surface area contributed by atoms with Crippen LogP contribution in [0.4, 0.5) is 0 Å². The van der Waals surface area contributed by atoms with Crippen LogP contribution in [-0.4, -0.2) is 11.5 Å². The minimum atomic E-state index is 0. The van der Waals surface area contributed by atoms with E-state index in [9.17, 15) is 0 Å². The van der Waals surface area contributed by atoms with Crippen molar-refractivity contribution in [3.63, 3.8) is 0 Å². The molecule has 0 aliphatic rings. The normalized spacial score (nSPS) is 10.0. The Bertz CT molecular complexity index is 456. The molecular formula is C12H14BrClN2O. The third-order valence-electron chi connectivity index (χ3n) is 2.21. The molecular weight excluding hydrogens is 304 g/mol. The van der Waals surface area contributed by atoms with E-state index < -0.39 is 0 Å². The minimum Gasteiger partial charge on any atom is -0.439 e. The molecule has 0 aliphatic carbocycles. The Morgan fingerprint density at radius 3 is 2.65 bits per heavy atom. The number of benzene rings is 1. The molecule has 0 bridgehead atoms. The summed E-state index contributed by atoms with van der Waals surface area (Å²) in [5, 5.41) is 3.17. The van der Waals surface area contributed by atoms with Gasteiger partial charge in [-0.05, 0) is 18.7 Å². The lowest BCUT2D eigenvalue weighted by Crippen LogP contribution is -2.11. The summed E-state index contributed by atoms with van der Waals surface area (Å²) in [6, 6.07) is 7.98. The second kappa shape index (κ2) is 6.79. The Morgan fingerprint density at radius 2 is 2.00 bits per heavy atom. The standard InChI is InChI=1S/C12H13BrN2O.ClH/c1-2-14-8-12-15-7-11(16-12)9-3-5-10(13)6-4-9;/h3-7,14H,2,8H2,1H3;1H. The van der Waals surface area contributed by atoms with Gasteiger partial charge in [0.15, 0.2) is 5.76 Å². The van der Waals surface area contributed by atoms with Gasteiger partial charge in [-0.25, -0.2) is 4.98 Å². The summed E-state index contributed by atoms with van der Waals surface area (Å²) in [5.74, 6) is 1.53. The molecule has 0 unspecified atom stereocenters. The Balaban J connectivity index is 0.00000144. The highest BCUT2D eigenvalue weighted by molar-refractivity contribution is 9.10. The zero-order valence-corrected chi connectivity index (χ0v) is 11.8. The predicted molar refractivity (Wildman–Crippen MR) is 74.3 cm³/mol. The van der Waals surface area contributed by atoms with Gasteiger partial charge in [0.25, 0.3) is 0 Å². The minimum absolute atomic E-state index is 0. The lowest BCUT2D eigenvalue weighted by Gasteiger charge is -1.97. The van der Waals surface area contributed by atoms with Crippen molar-refractivity contribution < 1.29 is 4.42 Å². The zero-order valence-electron chi connectivity index (χ0n) is 9.44. The molecule has 0 atom stereocenters. The van der Waals surface area contributed by atoms with E-state index >= 15 is 0 Å². The molecule has 17 heavy (non-hydrogen) atoms. The topological polar surface area (TPSA) is 38.1 Å². The van der Waals surface area contributed by atoms with Crippen LogP contribution in [0.2, 0.25) is 0 Å². The van der Waals surface area contributed by atoms with E-state index in [0.29, 0.717) is 6.54 Å². The fraction of sp³-hybridized carbons (Fsp3) is 0.250. The van der Waals surface area contributed by atoms with Crippen LogP contribution in [0.1, 0.15) is 12.8 Å². The maximum absolute atomic E-state index is 5.62. The molecule has 1 aromatic heterocycles. The average molecular weight is 318 g/mol. The van der Waals surface area contributed by atoms with Crippen molar-refractivity contribution in [2.75, 3.05) is 6.54 Å². The fourth-order valence-corrected chi connectivity index (χ4v) is 1.64. The van der Waals surface area contributed by atoms with E-state index in [-0.39, 0.29) is 12.4 Å². The number of rotatable bonds is 4. The number of hydrogen-bond acceptors (Lipinski definition) is 3. The zero-order chi connectivity index (χ0) is 11.4. The molecule has 1 N–H and O–H groups in total. The van der Waals surface area contributed by atoms with Gasteiger partial charge in [-0.2, -0.15) is 0 Å². The summed E-state index contributed by atoms with van der Waals surface area (Å²) >= 11 is 3.40. The Hall–Kier alpha value is -0.840. The van der Waals surface area contributed by atoms with E-state index in [4.69, 9.17) is 4.42 Å². The molecule has 0 fully saturated rings. The number of oxazole rings is 1. The summed E-state index contributed by atoms with van der Waals surface area (Å²) in [4.78, 5) is 4.21. The number of hydrogen-bond donors (Lipinski definition) is 1. The van der Waals surface area contributed by atoms with E-state index in [1.54, 1.807) is 6.20 Å². The number of aromatic nitrogens is 1. The SMILES string of the molecule is CCNCc1ncc(-c2ccc(Br)cc2)o1.Cl. The van der Waals surface area contributed by atoms with E-state index in [1.807, 2.05) is 24.3 Å². The molecule has 92 valence electrons. The summed E-state index contributed by atoms with van der Waals surface area (Å²) in [5.41, 5.74) is 1.04. The second-order valence-corrected chi connectivity index (χ2v) is 4.32. The highest BCUT2D eigenvalue weighted by Crippen LogP contribution is 2.22. The number of halogens is 2. The first-order chi connectivity index (χ1) is 7.79. The smallest absolute Gasteiger partial charge is 0.208 e. The summed E-state index contributed by atoms with van der Waals surface area (Å²) in [6.45, 7) is 3.64. The molecule has 1 aromatic carbocycles. The van der Waals surface area contributed by atoms with Gasteiger partial charge in [0.05, 0.1) is 12.7 Å². The lowest BCUT2D eigenvalue weighted by molar-refractivity contribution is 0.482. The maximum atomic E-state index is 5.62. The largest absolute Gasteiger partial charge is 0.439 e. The van der Waals surface area contributed by atoms with Gasteiger partial charge in [-0.15, -0.1) is 12.4 Å². The van der Waals surface area contributed by atoms with Gasteiger partial charge < -0.3 is 9.73 Å². The van der Waals surface area contributed by atoms with Gasteiger partial charge in [-0.1, -0.05) is 35.0 Å². The molecule has 5 heteroatoms. The monoisotopic (exact) mass is 316 g/mol. The first-order valence-corrected chi connectivity index (χ1v) is 6.00. The maximum Gasteiger partial charge on any atom is 0.208 e. The van der Waals surface area contributed by atoms with Crippen LogP contribution in [0.15, 0.2) is 39.4 Å². The quantitative estimate of drug-likeness (QED) is 0.935. The van der Waals surface area contributed by atoms with Crippen molar-refractivity contribution >= 4 is 28.3 Å². The summed E-state index contributed by atoms with van der Waals surface area (Å²) in [6.07, 6.45) is 1.76. The van der Waals surface area contributed by atoms with Crippen LogP contribution < -0.4 is 5.32 Å². The van der Waals surface area contributed by atoms with Gasteiger partial charge in [-0.3, -0.25) is 0 Å². The predicted octanol–water partition coefficient (Wildman–Crippen LogP) is 3.64. The van der Waals surface area contributed by atoms with Crippen LogP contribution in [0.5, 0.6) is 0 Å². The van der Waals surface area contributed by atoms with Crippen LogP contribution in [0, 0.1) is 0 Å². The van der Waals surface area contributed by atoms with Crippen LogP contribution >= 0.6 is 28.3 Å². The number of nitrogens with zero attached hydrogens (tertiary/aromatic N) is 1. The highest BCUT2D eigenvalue weighted by Gasteiger charge is 2.05. The molecule has 3 nitrogen and oxygen atoms in total. The molecule has 2 rings (SSSR count). The Morgan fingerprint density at radius 1 is 1.29 bits per heavy atom. The second-order valence-electron chi connectivity index (χ2n) is 3.41. The van der Waals surface area contributed by atoms with Crippen molar-refractivity contribution in [2.24, 2.45) is 0 Å². The van der Waals surface area contributed by atoms with Gasteiger partial charge in [0.1, 0.15) is 0 Å². The van der Waals surface area contributed by atoms with Crippen molar-refractivity contribution in [1.29, 1.82) is 0 Å². The number of nitrogens with one attached hydrogen (secondary N) is 1. The first kappa shape index (κ1) is 14.2. The third kappa shape index (κ3) is 3.84. The molecule has 0 spiro atoms. The molecule has 2 aromatic rings. The van der Waals surface area contributed by atoms with Crippen molar-refractivity contribution in [2.45, 2.75) is 13.5 Å². The van der Waals surface area contributed by atoms with Gasteiger partial charge in [0, 0.05) is 10.0 Å². The summed E-state index contributed by atoms with van der Waals surface area (Å²) in [7, 11) is 0. The highest BCUT2D eigenvalue weighted by atomic mass is 79.9. The first-order valence-electron chi connectivity index (χ1n) is 5.21. The Labute approximate surface area is 115 Å². The van der Waals surface area contributed by atoms with Crippen LogP contribution in [0.25, 0.3) is 11.3 Å². The molecule has 0 saturated carbocycles. The van der Waals surface area contributed by atoms with Crippen molar-refractivity contribution in [3.05, 3.63) is 40.8 Å². The van der Waals surface area contributed by atoms with Crippen molar-refractivity contribution in [1.82, 2.24) is 10.3 Å². The van der Waals surface area contributed by atoms with Crippen LogP contribution in [-0.2, 0) is 6.54 Å². The molecule has 0 aliphatic heterocycles. The van der Waals surface area contributed by atoms with Crippen LogP contribution in [0.3, 0.4) is 0 Å². The molecule has 0 amide bonds. The van der Waals surface area contributed by atoms with E-state index in [0.717, 1.165) is 28.2 Å². The Kier molecular flexibility index (Phi) is 5.68. The van der Waals surface area contributed by atoms with Crippen molar-refractivity contribution in [3.8, 4) is 11.3 Å². The molecule has 0 radical (unpaired) electrons. The van der Waals surface area contributed by atoms with Gasteiger partial charge in [0.2, 0.25) is 5.89 Å². The van der Waals surface area contributed by atoms with E-state index in [2.05, 4.69) is 33.2 Å². The molecule has 0 saturated heterocycles. The van der Waals surface area contributed by atoms with Gasteiger partial charge >= 0.3 is 0 Å². The summed E-state index contributed by atoms with van der Waals surface area (Å²) < 4.78 is 6.68. The van der Waals surface area contributed by atoms with E-state index in [1.165, 1.54) is 0 Å². The third-order valence-corrected chi connectivity index (χ3v) is 2.74. The fourth-order valence-electron chi connectivity index (χ4n) is 1.37. The average Bonchev–Trinajstić information content (AvgIpc) is 2.76. The molecule has 1 heterocycles. The lowest BCUT2D eigenvalue weighted by atomic mass is 10.2.